The molecule has 0 atom stereocenters. The Morgan fingerprint density at radius 3 is 2.65 bits per heavy atom. The third-order valence-corrected chi connectivity index (χ3v) is 4.67. The van der Waals surface area contributed by atoms with E-state index in [0.717, 1.165) is 30.2 Å². The van der Waals surface area contributed by atoms with Gasteiger partial charge in [0.2, 0.25) is 0 Å². The van der Waals surface area contributed by atoms with E-state index in [2.05, 4.69) is 20.2 Å². The smallest absolute Gasteiger partial charge is 0.257 e. The number of para-hydroxylation sites is 1. The standard InChI is InChI=1S/C18H20N6O2/c1-13-20-21-17-11-14(12-19-24(13)17)22-7-9-23(10-8-22)18(25)15-5-3-4-6-16(15)26-2/h3-6,11-12H,7-10H2,1-2H3. The predicted octanol–water partition coefficient (Wildman–Crippen LogP) is 1.40. The largest absolute Gasteiger partial charge is 0.496 e. The second-order valence-electron chi connectivity index (χ2n) is 6.21. The fourth-order valence-corrected chi connectivity index (χ4v) is 3.23. The summed E-state index contributed by atoms with van der Waals surface area (Å²) in [7, 11) is 1.58. The third-order valence-electron chi connectivity index (χ3n) is 4.67. The van der Waals surface area contributed by atoms with Crippen LogP contribution in [0.25, 0.3) is 5.65 Å². The maximum Gasteiger partial charge on any atom is 0.257 e. The molecule has 0 saturated carbocycles. The van der Waals surface area contributed by atoms with Crippen LogP contribution in [0.2, 0.25) is 0 Å². The van der Waals surface area contributed by atoms with Gasteiger partial charge in [0.15, 0.2) is 11.5 Å². The summed E-state index contributed by atoms with van der Waals surface area (Å²) < 4.78 is 7.02. The van der Waals surface area contributed by atoms with Crippen LogP contribution in [0.1, 0.15) is 16.2 Å². The number of anilines is 1. The summed E-state index contributed by atoms with van der Waals surface area (Å²) in [5, 5.41) is 12.5. The van der Waals surface area contributed by atoms with Crippen molar-refractivity contribution in [2.24, 2.45) is 0 Å². The second-order valence-corrected chi connectivity index (χ2v) is 6.21. The lowest BCUT2D eigenvalue weighted by Crippen LogP contribution is -2.48. The molecule has 0 N–H and O–H groups in total. The van der Waals surface area contributed by atoms with Crippen molar-refractivity contribution in [2.45, 2.75) is 6.92 Å². The van der Waals surface area contributed by atoms with Crippen molar-refractivity contribution in [1.29, 1.82) is 0 Å². The number of rotatable bonds is 3. The lowest BCUT2D eigenvalue weighted by Gasteiger charge is -2.36. The Labute approximate surface area is 151 Å². The Hall–Kier alpha value is -3.16. The summed E-state index contributed by atoms with van der Waals surface area (Å²) in [6, 6.07) is 9.31. The van der Waals surface area contributed by atoms with Gasteiger partial charge in [-0.25, -0.2) is 0 Å². The summed E-state index contributed by atoms with van der Waals surface area (Å²) in [4.78, 5) is 16.9. The first kappa shape index (κ1) is 16.3. The van der Waals surface area contributed by atoms with Gasteiger partial charge in [0.25, 0.3) is 5.91 Å². The highest BCUT2D eigenvalue weighted by Gasteiger charge is 2.24. The highest BCUT2D eigenvalue weighted by Crippen LogP contribution is 2.22. The van der Waals surface area contributed by atoms with Crippen molar-refractivity contribution in [3.05, 3.63) is 47.9 Å². The number of benzene rings is 1. The zero-order valence-electron chi connectivity index (χ0n) is 14.8. The minimum absolute atomic E-state index is 0.00348. The molecule has 0 bridgehead atoms. The molecule has 0 unspecified atom stereocenters. The van der Waals surface area contributed by atoms with E-state index in [1.54, 1.807) is 17.7 Å². The maximum atomic E-state index is 12.8. The number of nitrogens with zero attached hydrogens (tertiary/aromatic N) is 6. The quantitative estimate of drug-likeness (QED) is 0.709. The number of carbonyl (C=O) groups excluding carboxylic acids is 1. The molecule has 1 saturated heterocycles. The highest BCUT2D eigenvalue weighted by molar-refractivity contribution is 5.97. The molecule has 1 fully saturated rings. The fourth-order valence-electron chi connectivity index (χ4n) is 3.23. The zero-order chi connectivity index (χ0) is 18.1. The van der Waals surface area contributed by atoms with E-state index >= 15 is 0 Å². The van der Waals surface area contributed by atoms with Crippen molar-refractivity contribution in [1.82, 2.24) is 24.7 Å². The van der Waals surface area contributed by atoms with Gasteiger partial charge in [0.05, 0.1) is 24.6 Å². The molecular formula is C18H20N6O2. The van der Waals surface area contributed by atoms with Crippen LogP contribution in [0.15, 0.2) is 36.5 Å². The SMILES string of the molecule is COc1ccccc1C(=O)N1CCN(c2cnn3c(C)nnc3c2)CC1. The molecule has 1 aliphatic heterocycles. The average Bonchev–Trinajstić information content (AvgIpc) is 3.08. The summed E-state index contributed by atoms with van der Waals surface area (Å²) in [6.07, 6.45) is 1.82. The Kier molecular flexibility index (Phi) is 4.16. The minimum Gasteiger partial charge on any atom is -0.496 e. The average molecular weight is 352 g/mol. The Bertz CT molecular complexity index is 946. The second kappa shape index (κ2) is 6.62. The number of carbonyl (C=O) groups is 1. The van der Waals surface area contributed by atoms with Crippen LogP contribution in [-0.2, 0) is 0 Å². The third kappa shape index (κ3) is 2.83. The first-order valence-electron chi connectivity index (χ1n) is 8.52. The molecule has 0 spiro atoms. The molecule has 1 amide bonds. The Morgan fingerprint density at radius 2 is 1.88 bits per heavy atom. The molecule has 0 radical (unpaired) electrons. The van der Waals surface area contributed by atoms with Gasteiger partial charge in [-0.3, -0.25) is 4.79 Å². The summed E-state index contributed by atoms with van der Waals surface area (Å²) in [5.41, 5.74) is 2.33. The molecule has 26 heavy (non-hydrogen) atoms. The van der Waals surface area contributed by atoms with E-state index in [1.807, 2.05) is 42.3 Å². The van der Waals surface area contributed by atoms with Crippen LogP contribution >= 0.6 is 0 Å². The van der Waals surface area contributed by atoms with Gasteiger partial charge in [-0.1, -0.05) is 12.1 Å². The number of hydrogen-bond donors (Lipinski definition) is 0. The monoisotopic (exact) mass is 352 g/mol. The first-order valence-corrected chi connectivity index (χ1v) is 8.52. The van der Waals surface area contributed by atoms with E-state index in [1.165, 1.54) is 0 Å². The van der Waals surface area contributed by atoms with Crippen LogP contribution in [-0.4, -0.2) is 63.9 Å². The number of amides is 1. The number of ether oxygens (including phenoxy) is 1. The minimum atomic E-state index is 0.00348. The van der Waals surface area contributed by atoms with E-state index in [4.69, 9.17) is 4.74 Å². The molecule has 2 aromatic heterocycles. The zero-order valence-corrected chi connectivity index (χ0v) is 14.8. The van der Waals surface area contributed by atoms with Crippen molar-refractivity contribution >= 4 is 17.2 Å². The van der Waals surface area contributed by atoms with E-state index in [-0.39, 0.29) is 5.91 Å². The number of aromatic nitrogens is 4. The molecule has 134 valence electrons. The van der Waals surface area contributed by atoms with Gasteiger partial charge in [-0.2, -0.15) is 9.61 Å². The van der Waals surface area contributed by atoms with Gasteiger partial charge < -0.3 is 14.5 Å². The summed E-state index contributed by atoms with van der Waals surface area (Å²) in [5.74, 6) is 1.37. The number of hydrogen-bond acceptors (Lipinski definition) is 6. The van der Waals surface area contributed by atoms with Crippen LogP contribution < -0.4 is 9.64 Å². The van der Waals surface area contributed by atoms with Gasteiger partial charge in [-0.05, 0) is 19.1 Å². The molecule has 3 aromatic rings. The number of methoxy groups -OCH3 is 1. The van der Waals surface area contributed by atoms with Crippen molar-refractivity contribution < 1.29 is 9.53 Å². The molecule has 4 rings (SSSR count). The topological polar surface area (TPSA) is 75.9 Å². The van der Waals surface area contributed by atoms with Crippen LogP contribution in [0.5, 0.6) is 5.75 Å². The Balaban J connectivity index is 1.47. The molecule has 8 heteroatoms. The van der Waals surface area contributed by atoms with Gasteiger partial charge >= 0.3 is 0 Å². The van der Waals surface area contributed by atoms with Crippen molar-refractivity contribution in [2.75, 3.05) is 38.2 Å². The number of piperazine rings is 1. The first-order chi connectivity index (χ1) is 12.7. The van der Waals surface area contributed by atoms with Crippen molar-refractivity contribution in [3.63, 3.8) is 0 Å². The molecule has 8 nitrogen and oxygen atoms in total. The summed E-state index contributed by atoms with van der Waals surface area (Å²) >= 11 is 0. The maximum absolute atomic E-state index is 12.8. The van der Waals surface area contributed by atoms with E-state index in [0.29, 0.717) is 24.4 Å². The predicted molar refractivity (Wildman–Crippen MR) is 96.6 cm³/mol. The number of aryl methyl sites for hydroxylation is 1. The lowest BCUT2D eigenvalue weighted by molar-refractivity contribution is 0.0743. The lowest BCUT2D eigenvalue weighted by atomic mass is 10.1. The van der Waals surface area contributed by atoms with Crippen LogP contribution in [0.3, 0.4) is 0 Å². The van der Waals surface area contributed by atoms with Gasteiger partial charge in [-0.15, -0.1) is 10.2 Å². The molecule has 1 aromatic carbocycles. The number of fused-ring (bicyclic) bond motifs is 1. The molecule has 3 heterocycles. The van der Waals surface area contributed by atoms with E-state index in [9.17, 15) is 4.79 Å². The van der Waals surface area contributed by atoms with Crippen LogP contribution in [0.4, 0.5) is 5.69 Å². The van der Waals surface area contributed by atoms with Crippen LogP contribution in [0, 0.1) is 6.92 Å². The molecule has 0 aliphatic carbocycles. The van der Waals surface area contributed by atoms with Crippen molar-refractivity contribution in [3.8, 4) is 5.75 Å². The van der Waals surface area contributed by atoms with Gasteiger partial charge in [0, 0.05) is 32.2 Å². The van der Waals surface area contributed by atoms with E-state index < -0.39 is 0 Å². The van der Waals surface area contributed by atoms with Gasteiger partial charge in [0.1, 0.15) is 5.75 Å². The normalized spacial score (nSPS) is 14.7. The molecular weight excluding hydrogens is 332 g/mol. The highest BCUT2D eigenvalue weighted by atomic mass is 16.5. The summed E-state index contributed by atoms with van der Waals surface area (Å²) in [6.45, 7) is 4.65. The Morgan fingerprint density at radius 1 is 1.12 bits per heavy atom. The molecule has 1 aliphatic rings. The fraction of sp³-hybridized carbons (Fsp3) is 0.333.